The number of rotatable bonds is 4. The minimum Gasteiger partial charge on any atom is -0.328 e. The molecule has 0 aliphatic heterocycles. The van der Waals surface area contributed by atoms with E-state index in [0.717, 1.165) is 25.2 Å². The van der Waals surface area contributed by atoms with E-state index in [0.29, 0.717) is 25.2 Å². The highest BCUT2D eigenvalue weighted by Gasteiger charge is 2.36. The minimum absolute atomic E-state index is 0.00906. The van der Waals surface area contributed by atoms with Gasteiger partial charge in [0.2, 0.25) is 0 Å². The summed E-state index contributed by atoms with van der Waals surface area (Å²) >= 11 is 0. The molecule has 0 amide bonds. The van der Waals surface area contributed by atoms with Crippen molar-refractivity contribution in [3.63, 3.8) is 0 Å². The van der Waals surface area contributed by atoms with Crippen LogP contribution in [0.1, 0.15) is 45.4 Å². The lowest BCUT2D eigenvalue weighted by Gasteiger charge is -2.32. The first-order chi connectivity index (χ1) is 8.48. The van der Waals surface area contributed by atoms with E-state index in [1.54, 1.807) is 0 Å². The molecule has 1 aromatic heterocycles. The monoisotopic (exact) mass is 254 g/mol. The van der Waals surface area contributed by atoms with Gasteiger partial charge in [-0.15, -0.1) is 0 Å². The van der Waals surface area contributed by atoms with Crippen molar-refractivity contribution in [3.05, 3.63) is 12.2 Å². The van der Waals surface area contributed by atoms with Crippen molar-refractivity contribution < 1.29 is 4.39 Å². The highest BCUT2D eigenvalue weighted by molar-refractivity contribution is 4.98. The summed E-state index contributed by atoms with van der Waals surface area (Å²) in [5.74, 6) is 1.23. The normalized spacial score (nSPS) is 28.8. The van der Waals surface area contributed by atoms with Gasteiger partial charge in [-0.05, 0) is 31.6 Å². The molecule has 2 unspecified atom stereocenters. The summed E-state index contributed by atoms with van der Waals surface area (Å²) in [5.41, 5.74) is 4.68. The fourth-order valence-corrected chi connectivity index (χ4v) is 2.72. The maximum Gasteiger partial charge on any atom is 0.138 e. The molecule has 1 saturated carbocycles. The van der Waals surface area contributed by atoms with E-state index in [4.69, 9.17) is 5.73 Å². The quantitative estimate of drug-likeness (QED) is 0.895. The van der Waals surface area contributed by atoms with Crippen LogP contribution in [-0.2, 0) is 13.0 Å². The fraction of sp³-hybridized carbons (Fsp3) is 0.846. The first-order valence-corrected chi connectivity index (χ1v) is 6.80. The second kappa shape index (κ2) is 5.34. The Kier molecular flexibility index (Phi) is 4.00. The van der Waals surface area contributed by atoms with Crippen LogP contribution in [0.25, 0.3) is 0 Å². The Hall–Kier alpha value is -0.970. The Morgan fingerprint density at radius 2 is 2.39 bits per heavy atom. The molecule has 1 aliphatic carbocycles. The van der Waals surface area contributed by atoms with Crippen molar-refractivity contribution in [1.82, 2.24) is 14.8 Å². The summed E-state index contributed by atoms with van der Waals surface area (Å²) < 4.78 is 16.6. The van der Waals surface area contributed by atoms with E-state index in [1.165, 1.54) is 6.33 Å². The van der Waals surface area contributed by atoms with E-state index < -0.39 is 5.67 Å². The zero-order valence-electron chi connectivity index (χ0n) is 11.3. The summed E-state index contributed by atoms with van der Waals surface area (Å²) in [6.07, 6.45) is 4.70. The predicted octanol–water partition coefficient (Wildman–Crippen LogP) is 2.09. The van der Waals surface area contributed by atoms with Crippen LogP contribution < -0.4 is 5.73 Å². The maximum absolute atomic E-state index is 14.7. The molecule has 1 fully saturated rings. The lowest BCUT2D eigenvalue weighted by atomic mass is 9.81. The molecule has 102 valence electrons. The second-order valence-electron chi connectivity index (χ2n) is 5.94. The van der Waals surface area contributed by atoms with Crippen LogP contribution in [0.5, 0.6) is 0 Å². The van der Waals surface area contributed by atoms with E-state index in [-0.39, 0.29) is 6.04 Å². The van der Waals surface area contributed by atoms with Crippen molar-refractivity contribution >= 4 is 0 Å². The molecule has 0 radical (unpaired) electrons. The van der Waals surface area contributed by atoms with Crippen molar-refractivity contribution in [2.45, 2.75) is 64.2 Å². The molecule has 2 rings (SSSR count). The molecule has 4 nitrogen and oxygen atoms in total. The van der Waals surface area contributed by atoms with E-state index >= 15 is 0 Å². The van der Waals surface area contributed by atoms with Crippen LogP contribution in [0.2, 0.25) is 0 Å². The van der Waals surface area contributed by atoms with Gasteiger partial charge in [0, 0.05) is 19.0 Å². The molecule has 2 atom stereocenters. The lowest BCUT2D eigenvalue weighted by molar-refractivity contribution is 0.0925. The van der Waals surface area contributed by atoms with Crippen LogP contribution in [0.4, 0.5) is 4.39 Å². The van der Waals surface area contributed by atoms with Gasteiger partial charge in [-0.25, -0.2) is 14.1 Å². The number of nitrogens with two attached hydrogens (primary N) is 1. The first kappa shape index (κ1) is 13.5. The number of nitrogens with zero attached hydrogens (tertiary/aromatic N) is 3. The van der Waals surface area contributed by atoms with E-state index in [1.807, 2.05) is 4.68 Å². The Bertz CT molecular complexity index is 390. The van der Waals surface area contributed by atoms with Gasteiger partial charge in [-0.2, -0.15) is 5.10 Å². The third-order valence-electron chi connectivity index (χ3n) is 3.54. The van der Waals surface area contributed by atoms with Gasteiger partial charge in [0.05, 0.1) is 0 Å². The van der Waals surface area contributed by atoms with Gasteiger partial charge in [-0.3, -0.25) is 0 Å². The predicted molar refractivity (Wildman–Crippen MR) is 68.8 cm³/mol. The molecular weight excluding hydrogens is 231 g/mol. The standard InChI is InChI=1S/C13H23FN4/c1-10(2)8-18-12(16-9-17-18)7-13(14)5-3-4-11(15)6-13/h9-11H,3-8,15H2,1-2H3. The third-order valence-corrected chi connectivity index (χ3v) is 3.54. The Labute approximate surface area is 108 Å². The van der Waals surface area contributed by atoms with Gasteiger partial charge in [0.1, 0.15) is 17.8 Å². The highest BCUT2D eigenvalue weighted by atomic mass is 19.1. The van der Waals surface area contributed by atoms with Crippen molar-refractivity contribution in [2.24, 2.45) is 11.7 Å². The Morgan fingerprint density at radius 3 is 3.06 bits per heavy atom. The van der Waals surface area contributed by atoms with Gasteiger partial charge in [0.15, 0.2) is 0 Å². The molecule has 5 heteroatoms. The lowest BCUT2D eigenvalue weighted by Crippen LogP contribution is -2.40. The van der Waals surface area contributed by atoms with Gasteiger partial charge in [0.25, 0.3) is 0 Å². The van der Waals surface area contributed by atoms with Gasteiger partial charge >= 0.3 is 0 Å². The second-order valence-corrected chi connectivity index (χ2v) is 5.94. The van der Waals surface area contributed by atoms with E-state index in [2.05, 4.69) is 23.9 Å². The number of aromatic nitrogens is 3. The Morgan fingerprint density at radius 1 is 1.61 bits per heavy atom. The molecule has 2 N–H and O–H groups in total. The highest BCUT2D eigenvalue weighted by Crippen LogP contribution is 2.33. The maximum atomic E-state index is 14.7. The van der Waals surface area contributed by atoms with Crippen molar-refractivity contribution in [2.75, 3.05) is 0 Å². The number of alkyl halides is 1. The SMILES string of the molecule is CC(C)Cn1ncnc1CC1(F)CCCC(N)C1. The largest absolute Gasteiger partial charge is 0.328 e. The molecule has 0 saturated heterocycles. The molecule has 1 aliphatic rings. The van der Waals surface area contributed by atoms with E-state index in [9.17, 15) is 4.39 Å². The Balaban J connectivity index is 2.06. The summed E-state index contributed by atoms with van der Waals surface area (Å²) in [4.78, 5) is 4.20. The van der Waals surface area contributed by atoms with Crippen LogP contribution in [0.15, 0.2) is 6.33 Å². The number of hydrogen-bond acceptors (Lipinski definition) is 3. The smallest absolute Gasteiger partial charge is 0.138 e. The zero-order chi connectivity index (χ0) is 13.2. The summed E-state index contributed by atoms with van der Waals surface area (Å²) in [6, 6.07) is -0.00906. The van der Waals surface area contributed by atoms with Gasteiger partial charge in [-0.1, -0.05) is 13.8 Å². The third kappa shape index (κ3) is 3.28. The van der Waals surface area contributed by atoms with Crippen LogP contribution >= 0.6 is 0 Å². The topological polar surface area (TPSA) is 56.7 Å². The van der Waals surface area contributed by atoms with Crippen molar-refractivity contribution in [1.29, 1.82) is 0 Å². The molecular formula is C13H23FN4. The molecule has 0 bridgehead atoms. The number of halogens is 1. The summed E-state index contributed by atoms with van der Waals surface area (Å²) in [6.45, 7) is 5.03. The first-order valence-electron chi connectivity index (χ1n) is 6.80. The van der Waals surface area contributed by atoms with Gasteiger partial charge < -0.3 is 5.73 Å². The molecule has 0 aromatic carbocycles. The van der Waals surface area contributed by atoms with Crippen LogP contribution in [-0.4, -0.2) is 26.5 Å². The average Bonchev–Trinajstić information content (AvgIpc) is 2.63. The summed E-state index contributed by atoms with van der Waals surface area (Å²) in [5, 5.41) is 4.18. The van der Waals surface area contributed by atoms with Crippen molar-refractivity contribution in [3.8, 4) is 0 Å². The fourth-order valence-electron chi connectivity index (χ4n) is 2.72. The molecule has 1 heterocycles. The minimum atomic E-state index is -1.20. The number of hydrogen-bond donors (Lipinski definition) is 1. The van der Waals surface area contributed by atoms with Crippen LogP contribution in [0, 0.1) is 5.92 Å². The average molecular weight is 254 g/mol. The summed E-state index contributed by atoms with van der Waals surface area (Å²) in [7, 11) is 0. The van der Waals surface area contributed by atoms with Crippen LogP contribution in [0.3, 0.4) is 0 Å². The zero-order valence-corrected chi connectivity index (χ0v) is 11.3. The molecule has 18 heavy (non-hydrogen) atoms. The molecule has 1 aromatic rings. The molecule has 0 spiro atoms.